The molecule has 0 radical (unpaired) electrons. The zero-order valence-corrected chi connectivity index (χ0v) is 10.3. The molecule has 0 bridgehead atoms. The van der Waals surface area contributed by atoms with Crippen molar-refractivity contribution in [1.82, 2.24) is 9.55 Å². The van der Waals surface area contributed by atoms with Crippen LogP contribution >= 0.6 is 0 Å². The number of hydrogen-bond donors (Lipinski definition) is 0. The summed E-state index contributed by atoms with van der Waals surface area (Å²) in [5, 5.41) is 17.9. The zero-order valence-electron chi connectivity index (χ0n) is 10.3. The molecule has 0 aliphatic carbocycles. The minimum Gasteiger partial charge on any atom is -0.317 e. The molecule has 0 spiro atoms. The Bertz CT molecular complexity index is 668. The summed E-state index contributed by atoms with van der Waals surface area (Å²) >= 11 is 0. The van der Waals surface area contributed by atoms with Gasteiger partial charge in [-0.05, 0) is 25.0 Å². The molecule has 0 unspecified atom stereocenters. The molecule has 0 amide bonds. The molecule has 2 rings (SSSR count). The second kappa shape index (κ2) is 4.73. The van der Waals surface area contributed by atoms with Crippen LogP contribution in [0.4, 0.5) is 0 Å². The highest BCUT2D eigenvalue weighted by molar-refractivity contribution is 5.38. The Morgan fingerprint density at radius 3 is 2.67 bits per heavy atom. The number of imidazole rings is 1. The van der Waals surface area contributed by atoms with E-state index < -0.39 is 0 Å². The Labute approximate surface area is 106 Å². The maximum atomic E-state index is 9.06. The van der Waals surface area contributed by atoms with E-state index in [1.165, 1.54) is 5.56 Å². The lowest BCUT2D eigenvalue weighted by molar-refractivity contribution is 0.780. The van der Waals surface area contributed by atoms with Crippen molar-refractivity contribution >= 4 is 0 Å². The van der Waals surface area contributed by atoms with Crippen LogP contribution in [0.5, 0.6) is 0 Å². The van der Waals surface area contributed by atoms with Crippen LogP contribution in [0.3, 0.4) is 0 Å². The van der Waals surface area contributed by atoms with Crippen LogP contribution in [0, 0.1) is 36.5 Å². The molecule has 18 heavy (non-hydrogen) atoms. The number of nitriles is 2. The van der Waals surface area contributed by atoms with Crippen LogP contribution < -0.4 is 0 Å². The van der Waals surface area contributed by atoms with Gasteiger partial charge in [0.05, 0.1) is 12.9 Å². The third kappa shape index (κ3) is 2.09. The number of hydrogen-bond acceptors (Lipinski definition) is 3. The van der Waals surface area contributed by atoms with Gasteiger partial charge in [-0.1, -0.05) is 23.8 Å². The fraction of sp³-hybridized carbons (Fsp3) is 0.214. The van der Waals surface area contributed by atoms with Gasteiger partial charge in [0.1, 0.15) is 12.1 Å². The van der Waals surface area contributed by atoms with Crippen molar-refractivity contribution in [2.24, 2.45) is 0 Å². The molecule has 1 aromatic heterocycles. The molecular weight excluding hydrogens is 224 g/mol. The van der Waals surface area contributed by atoms with Gasteiger partial charge in [-0.15, -0.1) is 0 Å². The van der Waals surface area contributed by atoms with Gasteiger partial charge in [0.15, 0.2) is 11.4 Å². The summed E-state index contributed by atoms with van der Waals surface area (Å²) in [6.07, 6.45) is 1.54. The normalized spacial score (nSPS) is 9.78. The number of rotatable bonds is 2. The molecule has 4 heteroatoms. The Kier molecular flexibility index (Phi) is 3.12. The maximum Gasteiger partial charge on any atom is 0.176 e. The van der Waals surface area contributed by atoms with E-state index in [2.05, 4.69) is 23.2 Å². The van der Waals surface area contributed by atoms with Crippen LogP contribution in [0.2, 0.25) is 0 Å². The molecular formula is C14H12N4. The van der Waals surface area contributed by atoms with Gasteiger partial charge in [-0.25, -0.2) is 4.98 Å². The molecule has 1 aromatic carbocycles. The monoisotopic (exact) mass is 236 g/mol. The van der Waals surface area contributed by atoms with Crippen molar-refractivity contribution in [3.63, 3.8) is 0 Å². The number of aromatic nitrogens is 2. The topological polar surface area (TPSA) is 65.4 Å². The van der Waals surface area contributed by atoms with E-state index in [4.69, 9.17) is 10.5 Å². The first-order valence-corrected chi connectivity index (χ1v) is 5.57. The lowest BCUT2D eigenvalue weighted by Gasteiger charge is -2.08. The highest BCUT2D eigenvalue weighted by Crippen LogP contribution is 2.14. The predicted octanol–water partition coefficient (Wildman–Crippen LogP) is 2.29. The molecule has 1 heterocycles. The molecule has 0 saturated carbocycles. The van der Waals surface area contributed by atoms with E-state index in [1.807, 2.05) is 26.0 Å². The summed E-state index contributed by atoms with van der Waals surface area (Å²) < 4.78 is 1.71. The van der Waals surface area contributed by atoms with Crippen molar-refractivity contribution in [3.8, 4) is 12.1 Å². The molecule has 2 aromatic rings. The van der Waals surface area contributed by atoms with Gasteiger partial charge in [0, 0.05) is 0 Å². The number of benzene rings is 1. The third-order valence-electron chi connectivity index (χ3n) is 2.89. The first-order chi connectivity index (χ1) is 8.65. The van der Waals surface area contributed by atoms with E-state index in [0.29, 0.717) is 12.2 Å². The standard InChI is InChI=1S/C14H12N4/c1-10-3-4-11(2)12(5-10)8-18-9-17-13(6-15)14(18)7-16/h3-5,9H,8H2,1-2H3. The summed E-state index contributed by atoms with van der Waals surface area (Å²) in [6.45, 7) is 4.62. The van der Waals surface area contributed by atoms with Crippen LogP contribution in [0.15, 0.2) is 24.5 Å². The lowest BCUT2D eigenvalue weighted by Crippen LogP contribution is -2.03. The molecule has 4 nitrogen and oxygen atoms in total. The van der Waals surface area contributed by atoms with Gasteiger partial charge in [-0.3, -0.25) is 0 Å². The lowest BCUT2D eigenvalue weighted by atomic mass is 10.1. The van der Waals surface area contributed by atoms with Crippen LogP contribution in [-0.2, 0) is 6.54 Å². The quantitative estimate of drug-likeness (QED) is 0.803. The summed E-state index contributed by atoms with van der Waals surface area (Å²) in [6, 6.07) is 10.1. The van der Waals surface area contributed by atoms with Crippen LogP contribution in [-0.4, -0.2) is 9.55 Å². The smallest absolute Gasteiger partial charge is 0.176 e. The van der Waals surface area contributed by atoms with Crippen molar-refractivity contribution in [2.75, 3.05) is 0 Å². The molecule has 0 aliphatic rings. The van der Waals surface area contributed by atoms with Crippen molar-refractivity contribution in [1.29, 1.82) is 10.5 Å². The average Bonchev–Trinajstić information content (AvgIpc) is 2.75. The minimum absolute atomic E-state index is 0.183. The molecule has 0 saturated heterocycles. The molecule has 0 N–H and O–H groups in total. The SMILES string of the molecule is Cc1ccc(C)c(Cn2cnc(C#N)c2C#N)c1. The summed E-state index contributed by atoms with van der Waals surface area (Å²) in [4.78, 5) is 3.93. The zero-order chi connectivity index (χ0) is 13.1. The van der Waals surface area contributed by atoms with E-state index in [-0.39, 0.29) is 5.69 Å². The minimum atomic E-state index is 0.183. The molecule has 0 aliphatic heterocycles. The van der Waals surface area contributed by atoms with Gasteiger partial charge < -0.3 is 4.57 Å². The second-order valence-electron chi connectivity index (χ2n) is 4.22. The average molecular weight is 236 g/mol. The first kappa shape index (κ1) is 11.9. The number of nitrogens with zero attached hydrogens (tertiary/aromatic N) is 4. The first-order valence-electron chi connectivity index (χ1n) is 5.57. The van der Waals surface area contributed by atoms with E-state index in [0.717, 1.165) is 11.1 Å². The third-order valence-corrected chi connectivity index (χ3v) is 2.89. The predicted molar refractivity (Wildman–Crippen MR) is 66.7 cm³/mol. The van der Waals surface area contributed by atoms with E-state index in [9.17, 15) is 0 Å². The molecule has 88 valence electrons. The highest BCUT2D eigenvalue weighted by Gasteiger charge is 2.10. The number of aryl methyl sites for hydroxylation is 2. The second-order valence-corrected chi connectivity index (χ2v) is 4.22. The van der Waals surface area contributed by atoms with Crippen LogP contribution in [0.25, 0.3) is 0 Å². The summed E-state index contributed by atoms with van der Waals surface area (Å²) in [7, 11) is 0. The summed E-state index contributed by atoms with van der Waals surface area (Å²) in [5.74, 6) is 0. The Morgan fingerprint density at radius 2 is 2.00 bits per heavy atom. The van der Waals surface area contributed by atoms with Crippen LogP contribution in [0.1, 0.15) is 28.1 Å². The Morgan fingerprint density at radius 1 is 1.22 bits per heavy atom. The van der Waals surface area contributed by atoms with E-state index in [1.54, 1.807) is 10.9 Å². The van der Waals surface area contributed by atoms with Crippen molar-refractivity contribution in [3.05, 3.63) is 52.6 Å². The fourth-order valence-corrected chi connectivity index (χ4v) is 1.86. The largest absolute Gasteiger partial charge is 0.317 e. The summed E-state index contributed by atoms with van der Waals surface area (Å²) in [5.41, 5.74) is 3.97. The van der Waals surface area contributed by atoms with Gasteiger partial charge in [0.25, 0.3) is 0 Å². The van der Waals surface area contributed by atoms with Gasteiger partial charge in [0.2, 0.25) is 0 Å². The molecule has 0 fully saturated rings. The Balaban J connectivity index is 2.41. The Hall–Kier alpha value is -2.59. The van der Waals surface area contributed by atoms with Crippen molar-refractivity contribution < 1.29 is 0 Å². The van der Waals surface area contributed by atoms with Gasteiger partial charge in [-0.2, -0.15) is 10.5 Å². The molecule has 0 atom stereocenters. The van der Waals surface area contributed by atoms with E-state index >= 15 is 0 Å². The highest BCUT2D eigenvalue weighted by atomic mass is 15.1. The maximum absolute atomic E-state index is 9.06. The fourth-order valence-electron chi connectivity index (χ4n) is 1.86. The van der Waals surface area contributed by atoms with Gasteiger partial charge >= 0.3 is 0 Å². The van der Waals surface area contributed by atoms with Crippen molar-refractivity contribution in [2.45, 2.75) is 20.4 Å².